The number of carbonyl (C=O) groups excluding carboxylic acids is 1. The van der Waals surface area contributed by atoms with E-state index in [1.165, 1.54) is 26.0 Å². The van der Waals surface area contributed by atoms with Crippen molar-refractivity contribution in [1.29, 1.82) is 0 Å². The van der Waals surface area contributed by atoms with E-state index in [-0.39, 0.29) is 21.5 Å². The predicted octanol–water partition coefficient (Wildman–Crippen LogP) is 1.05. The number of sulfonamides is 1. The summed E-state index contributed by atoms with van der Waals surface area (Å²) in [7, 11) is -4.00. The largest absolute Gasteiger partial charge is 0.480 e. The third kappa shape index (κ3) is 4.19. The lowest BCUT2D eigenvalue weighted by molar-refractivity contribution is -0.138. The molecule has 0 radical (unpaired) electrons. The van der Waals surface area contributed by atoms with Crippen LogP contribution in [0.15, 0.2) is 23.1 Å². The first-order valence-corrected chi connectivity index (χ1v) is 7.32. The molecule has 0 saturated carbocycles. The van der Waals surface area contributed by atoms with E-state index in [4.69, 9.17) is 16.7 Å². The summed E-state index contributed by atoms with van der Waals surface area (Å²) in [5.41, 5.74) is 0.268. The molecule has 0 fully saturated rings. The molecular formula is C11H13ClN2O5S. The van der Waals surface area contributed by atoms with Crippen molar-refractivity contribution in [3.05, 3.63) is 23.2 Å². The van der Waals surface area contributed by atoms with E-state index in [2.05, 4.69) is 5.32 Å². The highest BCUT2D eigenvalue weighted by Gasteiger charge is 2.22. The van der Waals surface area contributed by atoms with Crippen molar-refractivity contribution >= 4 is 39.2 Å². The second-order valence-corrected chi connectivity index (χ2v) is 6.13. The lowest BCUT2D eigenvalue weighted by Crippen LogP contribution is -2.38. The highest BCUT2D eigenvalue weighted by Crippen LogP contribution is 2.25. The minimum atomic E-state index is -4.00. The maximum atomic E-state index is 11.9. The van der Waals surface area contributed by atoms with Crippen LogP contribution in [0.1, 0.15) is 13.8 Å². The molecule has 1 amide bonds. The zero-order chi connectivity index (χ0) is 15.5. The van der Waals surface area contributed by atoms with E-state index in [0.29, 0.717) is 0 Å². The maximum absolute atomic E-state index is 11.9. The third-order valence-corrected chi connectivity index (χ3v) is 4.12. The zero-order valence-electron chi connectivity index (χ0n) is 10.7. The van der Waals surface area contributed by atoms with E-state index in [1.807, 2.05) is 4.72 Å². The number of aliphatic carboxylic acids is 1. The molecule has 0 bridgehead atoms. The SMILES string of the molecule is CC(=O)Nc1ccc(S(=O)(=O)N[C@H](C)C(=O)O)cc1Cl. The van der Waals surface area contributed by atoms with E-state index < -0.39 is 22.0 Å². The number of benzene rings is 1. The summed E-state index contributed by atoms with van der Waals surface area (Å²) in [6.45, 7) is 2.49. The van der Waals surface area contributed by atoms with Gasteiger partial charge in [-0.15, -0.1) is 0 Å². The van der Waals surface area contributed by atoms with Gasteiger partial charge >= 0.3 is 5.97 Å². The lowest BCUT2D eigenvalue weighted by Gasteiger charge is -2.11. The van der Waals surface area contributed by atoms with E-state index in [0.717, 1.165) is 6.07 Å². The molecule has 1 atom stereocenters. The number of carboxylic acid groups (broad SMARTS) is 1. The molecule has 0 unspecified atom stereocenters. The van der Waals surface area contributed by atoms with Gasteiger partial charge in [-0.05, 0) is 25.1 Å². The van der Waals surface area contributed by atoms with Crippen LogP contribution in [-0.4, -0.2) is 31.4 Å². The van der Waals surface area contributed by atoms with Crippen molar-refractivity contribution in [2.75, 3.05) is 5.32 Å². The zero-order valence-corrected chi connectivity index (χ0v) is 12.2. The van der Waals surface area contributed by atoms with E-state index in [9.17, 15) is 18.0 Å². The van der Waals surface area contributed by atoms with Gasteiger partial charge in [0.15, 0.2) is 0 Å². The first kappa shape index (κ1) is 16.4. The van der Waals surface area contributed by atoms with Crippen molar-refractivity contribution < 1.29 is 23.1 Å². The van der Waals surface area contributed by atoms with Crippen LogP contribution in [0.2, 0.25) is 5.02 Å². The second-order valence-electron chi connectivity index (χ2n) is 4.00. The molecule has 0 heterocycles. The van der Waals surface area contributed by atoms with Crippen molar-refractivity contribution in [2.24, 2.45) is 0 Å². The Morgan fingerprint density at radius 2 is 1.95 bits per heavy atom. The summed E-state index contributed by atoms with van der Waals surface area (Å²) in [6.07, 6.45) is 0. The van der Waals surface area contributed by atoms with E-state index >= 15 is 0 Å². The van der Waals surface area contributed by atoms with Crippen molar-refractivity contribution in [3.63, 3.8) is 0 Å². The number of nitrogens with one attached hydrogen (secondary N) is 2. The van der Waals surface area contributed by atoms with Crippen LogP contribution in [0.3, 0.4) is 0 Å². The Labute approximate surface area is 121 Å². The number of halogens is 1. The van der Waals surface area contributed by atoms with Crippen LogP contribution in [0.4, 0.5) is 5.69 Å². The summed E-state index contributed by atoms with van der Waals surface area (Å²) in [5.74, 6) is -1.64. The molecule has 1 aromatic rings. The molecular weight excluding hydrogens is 308 g/mol. The molecule has 7 nitrogen and oxygen atoms in total. The molecule has 1 rings (SSSR count). The molecule has 0 aliphatic rings. The van der Waals surface area contributed by atoms with Crippen molar-refractivity contribution in [1.82, 2.24) is 4.72 Å². The second kappa shape index (κ2) is 6.21. The highest BCUT2D eigenvalue weighted by atomic mass is 35.5. The lowest BCUT2D eigenvalue weighted by atomic mass is 10.3. The Bertz CT molecular complexity index is 644. The van der Waals surface area contributed by atoms with Gasteiger partial charge < -0.3 is 10.4 Å². The van der Waals surface area contributed by atoms with Crippen LogP contribution in [0.5, 0.6) is 0 Å². The molecule has 0 spiro atoms. The molecule has 3 N–H and O–H groups in total. The van der Waals surface area contributed by atoms with Crippen LogP contribution >= 0.6 is 11.6 Å². The average Bonchev–Trinajstić information content (AvgIpc) is 2.30. The van der Waals surface area contributed by atoms with Gasteiger partial charge in [-0.3, -0.25) is 9.59 Å². The fourth-order valence-corrected chi connectivity index (χ4v) is 2.82. The number of rotatable bonds is 5. The fourth-order valence-electron chi connectivity index (χ4n) is 1.31. The molecule has 0 aromatic heterocycles. The van der Waals surface area contributed by atoms with Gasteiger partial charge in [0.1, 0.15) is 6.04 Å². The van der Waals surface area contributed by atoms with Crippen LogP contribution < -0.4 is 10.0 Å². The van der Waals surface area contributed by atoms with Gasteiger partial charge in [0, 0.05) is 6.92 Å². The molecule has 0 saturated heterocycles. The quantitative estimate of drug-likeness (QED) is 0.750. The number of hydrogen-bond acceptors (Lipinski definition) is 4. The number of amides is 1. The fraction of sp³-hybridized carbons (Fsp3) is 0.273. The Morgan fingerprint density at radius 1 is 1.35 bits per heavy atom. The number of carbonyl (C=O) groups is 2. The van der Waals surface area contributed by atoms with Crippen molar-refractivity contribution in [3.8, 4) is 0 Å². The Morgan fingerprint density at radius 3 is 2.40 bits per heavy atom. The summed E-state index contributed by atoms with van der Waals surface area (Å²) < 4.78 is 25.8. The molecule has 0 aliphatic carbocycles. The summed E-state index contributed by atoms with van der Waals surface area (Å²) in [5, 5.41) is 11.2. The smallest absolute Gasteiger partial charge is 0.321 e. The average molecular weight is 321 g/mol. The first-order chi connectivity index (χ1) is 9.13. The highest BCUT2D eigenvalue weighted by molar-refractivity contribution is 7.89. The first-order valence-electron chi connectivity index (χ1n) is 5.46. The van der Waals surface area contributed by atoms with Gasteiger partial charge in [-0.25, -0.2) is 8.42 Å². The molecule has 9 heteroatoms. The minimum absolute atomic E-state index is 0.0334. The third-order valence-electron chi connectivity index (χ3n) is 2.26. The van der Waals surface area contributed by atoms with Crippen LogP contribution in [0.25, 0.3) is 0 Å². The standard InChI is InChI=1S/C11H13ClN2O5S/c1-6(11(16)17)14-20(18,19)8-3-4-10(9(12)5-8)13-7(2)15/h3-6,14H,1-2H3,(H,13,15)(H,16,17)/t6-/m1/s1. The Kier molecular flexibility index (Phi) is 5.09. The van der Waals surface area contributed by atoms with Gasteiger partial charge in [0.05, 0.1) is 15.6 Å². The number of hydrogen-bond donors (Lipinski definition) is 3. The Hall–Kier alpha value is -1.64. The molecule has 1 aromatic carbocycles. The number of anilines is 1. The van der Waals surface area contributed by atoms with E-state index in [1.54, 1.807) is 0 Å². The number of carboxylic acids is 1. The van der Waals surface area contributed by atoms with Crippen LogP contribution in [0, 0.1) is 0 Å². The molecule has 20 heavy (non-hydrogen) atoms. The molecule has 0 aliphatic heterocycles. The maximum Gasteiger partial charge on any atom is 0.321 e. The predicted molar refractivity (Wildman–Crippen MR) is 73.2 cm³/mol. The topological polar surface area (TPSA) is 113 Å². The summed E-state index contributed by atoms with van der Waals surface area (Å²) >= 11 is 5.86. The summed E-state index contributed by atoms with van der Waals surface area (Å²) in [4.78, 5) is 21.4. The monoisotopic (exact) mass is 320 g/mol. The van der Waals surface area contributed by atoms with Gasteiger partial charge in [0.2, 0.25) is 15.9 Å². The Balaban J connectivity index is 3.05. The normalized spacial score (nSPS) is 12.8. The molecule has 110 valence electrons. The minimum Gasteiger partial charge on any atom is -0.480 e. The van der Waals surface area contributed by atoms with Crippen molar-refractivity contribution in [2.45, 2.75) is 24.8 Å². The van der Waals surface area contributed by atoms with Gasteiger partial charge in [0.25, 0.3) is 0 Å². The van der Waals surface area contributed by atoms with Gasteiger partial charge in [-0.1, -0.05) is 11.6 Å². The van der Waals surface area contributed by atoms with Gasteiger partial charge in [-0.2, -0.15) is 4.72 Å². The van der Waals surface area contributed by atoms with Crippen LogP contribution in [-0.2, 0) is 19.6 Å². The summed E-state index contributed by atoms with van der Waals surface area (Å²) in [6, 6.07) is 2.40.